The van der Waals surface area contributed by atoms with Crippen LogP contribution in [0.15, 0.2) is 0 Å². The summed E-state index contributed by atoms with van der Waals surface area (Å²) in [6.45, 7) is 1.91. The van der Waals surface area contributed by atoms with Gasteiger partial charge in [-0.2, -0.15) is 0 Å². The molecule has 0 aliphatic rings. The Hall–Kier alpha value is -0.690. The van der Waals surface area contributed by atoms with Crippen molar-refractivity contribution < 1.29 is 28.8 Å². The van der Waals surface area contributed by atoms with Crippen LogP contribution in [0.25, 0.3) is 0 Å². The van der Waals surface area contributed by atoms with Crippen molar-refractivity contribution in [3.63, 3.8) is 0 Å². The molecule has 0 unspecified atom stereocenters. The Bertz CT molecular complexity index is 217. The minimum atomic E-state index is -0.566. The molecule has 19 heavy (non-hydrogen) atoms. The summed E-state index contributed by atoms with van der Waals surface area (Å²) in [6.07, 6.45) is 3.09. The number of hydrogen-bond donors (Lipinski definition) is 1. The van der Waals surface area contributed by atoms with Crippen LogP contribution in [0.5, 0.6) is 0 Å². The summed E-state index contributed by atoms with van der Waals surface area (Å²) in [5.74, 6) is -0.409. The molecule has 0 aromatic heterocycles. The standard InChI is InChI=1S/C13H26O6/c1-11(15)19-12(9-14)10-18-8-6-4-5-7-13(16-2)17-3/h12-14H,4-10H2,1-3H3/t12-/m0/s1. The molecule has 6 heteroatoms. The van der Waals surface area contributed by atoms with E-state index in [0.29, 0.717) is 6.61 Å². The summed E-state index contributed by atoms with van der Waals surface area (Å²) < 4.78 is 20.3. The van der Waals surface area contributed by atoms with Gasteiger partial charge >= 0.3 is 5.97 Å². The molecule has 0 aromatic rings. The fraction of sp³-hybridized carbons (Fsp3) is 0.923. The molecule has 1 atom stereocenters. The highest BCUT2D eigenvalue weighted by Crippen LogP contribution is 2.07. The number of carbonyl (C=O) groups is 1. The molecule has 0 radical (unpaired) electrons. The highest BCUT2D eigenvalue weighted by atomic mass is 16.7. The largest absolute Gasteiger partial charge is 0.458 e. The second-order valence-corrected chi connectivity index (χ2v) is 4.24. The normalized spacial score (nSPS) is 12.7. The van der Waals surface area contributed by atoms with Crippen molar-refractivity contribution in [2.75, 3.05) is 34.0 Å². The molecule has 0 saturated carbocycles. The number of unbranched alkanes of at least 4 members (excludes halogenated alkanes) is 2. The topological polar surface area (TPSA) is 74.2 Å². The SMILES string of the molecule is COC(CCCCCOC[C@H](CO)OC(C)=O)OC. The summed E-state index contributed by atoms with van der Waals surface area (Å²) in [6, 6.07) is 0. The lowest BCUT2D eigenvalue weighted by atomic mass is 10.2. The first-order valence-electron chi connectivity index (χ1n) is 6.55. The van der Waals surface area contributed by atoms with Crippen molar-refractivity contribution in [3.05, 3.63) is 0 Å². The van der Waals surface area contributed by atoms with E-state index in [-0.39, 0.29) is 19.5 Å². The number of aliphatic hydroxyl groups excluding tert-OH is 1. The van der Waals surface area contributed by atoms with Gasteiger partial charge in [-0.3, -0.25) is 4.79 Å². The van der Waals surface area contributed by atoms with Crippen LogP contribution in [0.1, 0.15) is 32.6 Å². The Morgan fingerprint density at radius 1 is 1.16 bits per heavy atom. The maximum Gasteiger partial charge on any atom is 0.303 e. The van der Waals surface area contributed by atoms with Crippen molar-refractivity contribution in [2.24, 2.45) is 0 Å². The van der Waals surface area contributed by atoms with Gasteiger partial charge in [-0.25, -0.2) is 0 Å². The molecule has 0 aliphatic heterocycles. The fourth-order valence-electron chi connectivity index (χ4n) is 1.60. The summed E-state index contributed by atoms with van der Waals surface area (Å²) >= 11 is 0. The molecule has 0 saturated heterocycles. The minimum absolute atomic E-state index is 0.136. The lowest BCUT2D eigenvalue weighted by Crippen LogP contribution is -2.26. The van der Waals surface area contributed by atoms with Crippen LogP contribution in [0.2, 0.25) is 0 Å². The van der Waals surface area contributed by atoms with Gasteiger partial charge in [0.05, 0.1) is 13.2 Å². The van der Waals surface area contributed by atoms with Crippen molar-refractivity contribution >= 4 is 5.97 Å². The molecule has 0 bridgehead atoms. The van der Waals surface area contributed by atoms with E-state index in [2.05, 4.69) is 0 Å². The number of methoxy groups -OCH3 is 2. The average Bonchev–Trinajstić information content (AvgIpc) is 2.40. The first-order chi connectivity index (χ1) is 9.13. The number of ether oxygens (including phenoxy) is 4. The first-order valence-corrected chi connectivity index (χ1v) is 6.55. The van der Waals surface area contributed by atoms with Crippen molar-refractivity contribution in [3.8, 4) is 0 Å². The Labute approximate surface area is 115 Å². The van der Waals surface area contributed by atoms with E-state index in [4.69, 9.17) is 24.1 Å². The maximum absolute atomic E-state index is 10.7. The molecule has 0 heterocycles. The van der Waals surface area contributed by atoms with Crippen molar-refractivity contribution in [2.45, 2.75) is 45.0 Å². The quantitative estimate of drug-likeness (QED) is 0.327. The maximum atomic E-state index is 10.7. The van der Waals surface area contributed by atoms with E-state index in [0.717, 1.165) is 25.7 Å². The minimum Gasteiger partial charge on any atom is -0.458 e. The summed E-state index contributed by atoms with van der Waals surface area (Å²) in [7, 11) is 3.25. The lowest BCUT2D eigenvalue weighted by molar-refractivity contribution is -0.152. The van der Waals surface area contributed by atoms with Crippen LogP contribution in [0.4, 0.5) is 0 Å². The highest BCUT2D eigenvalue weighted by Gasteiger charge is 2.10. The van der Waals surface area contributed by atoms with Crippen LogP contribution in [-0.2, 0) is 23.7 Å². The molecule has 0 aromatic carbocycles. The van der Waals surface area contributed by atoms with Crippen LogP contribution in [-0.4, -0.2) is 57.5 Å². The predicted molar refractivity (Wildman–Crippen MR) is 69.7 cm³/mol. The molecule has 0 rings (SSSR count). The van der Waals surface area contributed by atoms with Gasteiger partial charge in [-0.15, -0.1) is 0 Å². The Morgan fingerprint density at radius 3 is 2.37 bits per heavy atom. The van der Waals surface area contributed by atoms with Gasteiger partial charge in [0, 0.05) is 27.8 Å². The van der Waals surface area contributed by atoms with E-state index in [9.17, 15) is 4.79 Å². The summed E-state index contributed by atoms with van der Waals surface area (Å²) in [4.78, 5) is 10.7. The van der Waals surface area contributed by atoms with Gasteiger partial charge in [-0.1, -0.05) is 6.42 Å². The van der Waals surface area contributed by atoms with Gasteiger partial charge < -0.3 is 24.1 Å². The van der Waals surface area contributed by atoms with Crippen molar-refractivity contribution in [1.29, 1.82) is 0 Å². The first kappa shape index (κ1) is 18.3. The monoisotopic (exact) mass is 278 g/mol. The molecule has 0 fully saturated rings. The number of rotatable bonds is 12. The lowest BCUT2D eigenvalue weighted by Gasteiger charge is -2.15. The third kappa shape index (κ3) is 10.9. The van der Waals surface area contributed by atoms with Crippen LogP contribution < -0.4 is 0 Å². The smallest absolute Gasteiger partial charge is 0.303 e. The average molecular weight is 278 g/mol. The second-order valence-electron chi connectivity index (χ2n) is 4.24. The number of carbonyl (C=O) groups excluding carboxylic acids is 1. The summed E-state index contributed by atoms with van der Waals surface area (Å²) in [5.41, 5.74) is 0. The number of esters is 1. The Kier molecular flexibility index (Phi) is 11.9. The molecule has 0 amide bonds. The van der Waals surface area contributed by atoms with Crippen LogP contribution in [0, 0.1) is 0 Å². The second kappa shape index (κ2) is 12.3. The highest BCUT2D eigenvalue weighted by molar-refractivity contribution is 5.66. The fourth-order valence-corrected chi connectivity index (χ4v) is 1.60. The number of hydrogen-bond acceptors (Lipinski definition) is 6. The van der Waals surface area contributed by atoms with Gasteiger partial charge in [0.2, 0.25) is 0 Å². The molecular formula is C13H26O6. The zero-order valence-corrected chi connectivity index (χ0v) is 12.1. The molecule has 0 spiro atoms. The Morgan fingerprint density at radius 2 is 1.84 bits per heavy atom. The van der Waals surface area contributed by atoms with Crippen molar-refractivity contribution in [1.82, 2.24) is 0 Å². The van der Waals surface area contributed by atoms with E-state index in [1.54, 1.807) is 14.2 Å². The Balaban J connectivity index is 3.41. The van der Waals surface area contributed by atoms with E-state index in [1.807, 2.05) is 0 Å². The van der Waals surface area contributed by atoms with Gasteiger partial charge in [0.1, 0.15) is 6.10 Å². The zero-order valence-electron chi connectivity index (χ0n) is 12.1. The van der Waals surface area contributed by atoms with Gasteiger partial charge in [-0.05, 0) is 19.3 Å². The third-order valence-electron chi connectivity index (χ3n) is 2.59. The molecule has 0 aliphatic carbocycles. The van der Waals surface area contributed by atoms with Crippen LogP contribution in [0.3, 0.4) is 0 Å². The third-order valence-corrected chi connectivity index (χ3v) is 2.59. The zero-order chi connectivity index (χ0) is 14.5. The molecule has 6 nitrogen and oxygen atoms in total. The summed E-state index contributed by atoms with van der Waals surface area (Å²) in [5, 5.41) is 8.95. The van der Waals surface area contributed by atoms with E-state index in [1.165, 1.54) is 6.92 Å². The van der Waals surface area contributed by atoms with E-state index >= 15 is 0 Å². The molecular weight excluding hydrogens is 252 g/mol. The van der Waals surface area contributed by atoms with Crippen LogP contribution >= 0.6 is 0 Å². The molecule has 114 valence electrons. The van der Waals surface area contributed by atoms with Gasteiger partial charge in [0.25, 0.3) is 0 Å². The predicted octanol–water partition coefficient (Wildman–Crippen LogP) is 1.11. The molecule has 1 N–H and O–H groups in total. The number of aliphatic hydroxyl groups is 1. The van der Waals surface area contributed by atoms with E-state index < -0.39 is 12.1 Å². The van der Waals surface area contributed by atoms with Gasteiger partial charge in [0.15, 0.2) is 6.29 Å².